The number of thioether (sulfide) groups is 1. The summed E-state index contributed by atoms with van der Waals surface area (Å²) < 4.78 is 4.71. The number of nitrogen functional groups attached to an aromatic ring is 1. The lowest BCUT2D eigenvalue weighted by Gasteiger charge is -2.00. The number of aromatic nitrogens is 4. The summed E-state index contributed by atoms with van der Waals surface area (Å²) in [7, 11) is 1.30. The first-order valence-corrected chi connectivity index (χ1v) is 7.04. The van der Waals surface area contributed by atoms with Gasteiger partial charge < -0.3 is 15.5 Å². The molecular formula is C12H15N5O3S. The van der Waals surface area contributed by atoms with E-state index >= 15 is 0 Å². The SMILES string of the molecule is COC(=O)c1c(C)[nH]c(C(=O)CSc2n[nH]c(N)n2)c1C. The molecule has 0 aromatic carbocycles. The van der Waals surface area contributed by atoms with Gasteiger partial charge in [-0.25, -0.2) is 9.89 Å². The van der Waals surface area contributed by atoms with Crippen molar-refractivity contribution in [3.63, 3.8) is 0 Å². The Morgan fingerprint density at radius 2 is 2.10 bits per heavy atom. The molecule has 9 heteroatoms. The van der Waals surface area contributed by atoms with E-state index in [2.05, 4.69) is 20.2 Å². The van der Waals surface area contributed by atoms with Crippen molar-refractivity contribution in [2.24, 2.45) is 0 Å². The van der Waals surface area contributed by atoms with Gasteiger partial charge in [-0.05, 0) is 19.4 Å². The van der Waals surface area contributed by atoms with E-state index in [-0.39, 0.29) is 17.5 Å². The topological polar surface area (TPSA) is 127 Å². The highest BCUT2D eigenvalue weighted by Crippen LogP contribution is 2.22. The molecule has 0 unspecified atom stereocenters. The minimum atomic E-state index is -0.463. The lowest BCUT2D eigenvalue weighted by Crippen LogP contribution is -2.07. The van der Waals surface area contributed by atoms with Crippen LogP contribution in [0.25, 0.3) is 0 Å². The van der Waals surface area contributed by atoms with Crippen LogP contribution in [0.4, 0.5) is 5.95 Å². The van der Waals surface area contributed by atoms with Gasteiger partial charge >= 0.3 is 5.97 Å². The molecule has 0 radical (unpaired) electrons. The van der Waals surface area contributed by atoms with Crippen LogP contribution in [-0.4, -0.2) is 44.8 Å². The number of ether oxygens (including phenoxy) is 1. The van der Waals surface area contributed by atoms with Gasteiger partial charge in [0.15, 0.2) is 5.78 Å². The summed E-state index contributed by atoms with van der Waals surface area (Å²) in [5.74, 6) is -0.280. The summed E-state index contributed by atoms with van der Waals surface area (Å²) in [5, 5.41) is 6.73. The number of carbonyl (C=O) groups is 2. The smallest absolute Gasteiger partial charge is 0.339 e. The van der Waals surface area contributed by atoms with Gasteiger partial charge in [0.2, 0.25) is 11.1 Å². The summed E-state index contributed by atoms with van der Waals surface area (Å²) in [6.07, 6.45) is 0. The molecule has 2 aromatic rings. The maximum atomic E-state index is 12.2. The van der Waals surface area contributed by atoms with Crippen LogP contribution in [0.5, 0.6) is 0 Å². The molecule has 0 aliphatic heterocycles. The van der Waals surface area contributed by atoms with Crippen LogP contribution in [-0.2, 0) is 4.74 Å². The maximum Gasteiger partial charge on any atom is 0.339 e. The van der Waals surface area contributed by atoms with E-state index in [0.29, 0.717) is 27.7 Å². The standard InChI is InChI=1S/C12H15N5O3S/c1-5-8(10(19)20-3)6(2)14-9(5)7(18)4-21-12-15-11(13)16-17-12/h14H,4H2,1-3H3,(H3,13,15,16,17). The fraction of sp³-hybridized carbons (Fsp3) is 0.333. The molecule has 0 spiro atoms. The quantitative estimate of drug-likeness (QED) is 0.428. The van der Waals surface area contributed by atoms with Crippen molar-refractivity contribution in [1.29, 1.82) is 0 Å². The Hall–Kier alpha value is -2.29. The third kappa shape index (κ3) is 3.07. The Morgan fingerprint density at radius 1 is 1.38 bits per heavy atom. The number of carbonyl (C=O) groups excluding carboxylic acids is 2. The molecule has 0 amide bonds. The number of nitrogens with two attached hydrogens (primary N) is 1. The first-order valence-electron chi connectivity index (χ1n) is 6.05. The lowest BCUT2D eigenvalue weighted by molar-refractivity contribution is 0.0599. The van der Waals surface area contributed by atoms with Gasteiger partial charge in [0.25, 0.3) is 0 Å². The second-order valence-corrected chi connectivity index (χ2v) is 5.27. The Labute approximate surface area is 124 Å². The van der Waals surface area contributed by atoms with Gasteiger partial charge in [-0.2, -0.15) is 4.98 Å². The Morgan fingerprint density at radius 3 is 2.67 bits per heavy atom. The molecule has 2 heterocycles. The van der Waals surface area contributed by atoms with E-state index in [4.69, 9.17) is 10.5 Å². The van der Waals surface area contributed by atoms with E-state index in [1.807, 2.05) is 0 Å². The van der Waals surface area contributed by atoms with Crippen LogP contribution in [0.1, 0.15) is 32.1 Å². The van der Waals surface area contributed by atoms with Crippen LogP contribution in [0.15, 0.2) is 5.16 Å². The average Bonchev–Trinajstić information content (AvgIpc) is 2.99. The Balaban J connectivity index is 2.14. The van der Waals surface area contributed by atoms with Gasteiger partial charge in [0, 0.05) is 5.69 Å². The van der Waals surface area contributed by atoms with E-state index in [9.17, 15) is 9.59 Å². The van der Waals surface area contributed by atoms with E-state index in [0.717, 1.165) is 11.8 Å². The van der Waals surface area contributed by atoms with Crippen LogP contribution in [0.2, 0.25) is 0 Å². The first-order chi connectivity index (χ1) is 9.93. The molecule has 0 aliphatic carbocycles. The normalized spacial score (nSPS) is 10.6. The summed E-state index contributed by atoms with van der Waals surface area (Å²) in [4.78, 5) is 30.7. The molecule has 0 saturated heterocycles. The van der Waals surface area contributed by atoms with Crippen molar-refractivity contribution in [3.8, 4) is 0 Å². The minimum Gasteiger partial charge on any atom is -0.465 e. The third-order valence-corrected chi connectivity index (χ3v) is 3.77. The molecule has 0 saturated carbocycles. The van der Waals surface area contributed by atoms with Crippen molar-refractivity contribution in [2.45, 2.75) is 19.0 Å². The summed E-state index contributed by atoms with van der Waals surface area (Å²) in [6.45, 7) is 3.43. The number of hydrogen-bond acceptors (Lipinski definition) is 7. The minimum absolute atomic E-state index is 0.138. The number of esters is 1. The molecule has 21 heavy (non-hydrogen) atoms. The molecule has 112 valence electrons. The zero-order valence-electron chi connectivity index (χ0n) is 11.8. The zero-order chi connectivity index (χ0) is 15.6. The van der Waals surface area contributed by atoms with E-state index in [1.165, 1.54) is 7.11 Å². The van der Waals surface area contributed by atoms with Crippen LogP contribution in [0.3, 0.4) is 0 Å². The number of methoxy groups -OCH3 is 1. The van der Waals surface area contributed by atoms with Gasteiger partial charge in [-0.15, -0.1) is 5.10 Å². The maximum absolute atomic E-state index is 12.2. The monoisotopic (exact) mass is 309 g/mol. The molecule has 0 bridgehead atoms. The van der Waals surface area contributed by atoms with Crippen LogP contribution >= 0.6 is 11.8 Å². The molecule has 0 fully saturated rings. The fourth-order valence-electron chi connectivity index (χ4n) is 1.96. The van der Waals surface area contributed by atoms with Crippen molar-refractivity contribution < 1.29 is 14.3 Å². The largest absolute Gasteiger partial charge is 0.465 e. The molecule has 0 atom stereocenters. The zero-order valence-corrected chi connectivity index (χ0v) is 12.6. The highest BCUT2D eigenvalue weighted by atomic mass is 32.2. The number of anilines is 1. The fourth-order valence-corrected chi connectivity index (χ4v) is 2.64. The number of nitrogens with one attached hydrogen (secondary N) is 2. The Bertz CT molecular complexity index is 691. The van der Waals surface area contributed by atoms with Crippen molar-refractivity contribution in [3.05, 3.63) is 22.5 Å². The predicted octanol–water partition coefficient (Wildman–Crippen LogP) is 1.09. The second-order valence-electron chi connectivity index (χ2n) is 4.33. The van der Waals surface area contributed by atoms with Crippen LogP contribution < -0.4 is 5.73 Å². The number of nitrogens with zero attached hydrogens (tertiary/aromatic N) is 2. The number of hydrogen-bond donors (Lipinski definition) is 3. The predicted molar refractivity (Wildman–Crippen MR) is 77.5 cm³/mol. The van der Waals surface area contributed by atoms with Gasteiger partial charge in [-0.1, -0.05) is 11.8 Å². The van der Waals surface area contributed by atoms with Crippen molar-refractivity contribution in [1.82, 2.24) is 20.2 Å². The molecule has 4 N–H and O–H groups in total. The molecule has 2 rings (SSSR count). The average molecular weight is 309 g/mol. The van der Waals surface area contributed by atoms with E-state index in [1.54, 1.807) is 13.8 Å². The number of H-pyrrole nitrogens is 2. The molecule has 2 aromatic heterocycles. The first kappa shape index (κ1) is 15.1. The number of aromatic amines is 2. The molecule has 8 nitrogen and oxygen atoms in total. The van der Waals surface area contributed by atoms with Gasteiger partial charge in [-0.3, -0.25) is 4.79 Å². The Kier molecular flexibility index (Phi) is 4.32. The number of rotatable bonds is 5. The number of ketones is 1. The molecular weight excluding hydrogens is 294 g/mol. The summed E-state index contributed by atoms with van der Waals surface area (Å²) >= 11 is 1.16. The second kappa shape index (κ2) is 6.00. The highest BCUT2D eigenvalue weighted by molar-refractivity contribution is 7.99. The van der Waals surface area contributed by atoms with Gasteiger partial charge in [0.05, 0.1) is 24.1 Å². The summed E-state index contributed by atoms with van der Waals surface area (Å²) in [6, 6.07) is 0. The van der Waals surface area contributed by atoms with Gasteiger partial charge in [0.1, 0.15) is 0 Å². The lowest BCUT2D eigenvalue weighted by atomic mass is 10.1. The summed E-state index contributed by atoms with van der Waals surface area (Å²) in [5.41, 5.74) is 7.38. The van der Waals surface area contributed by atoms with Crippen molar-refractivity contribution in [2.75, 3.05) is 18.6 Å². The number of Topliss-reactive ketones (excluding diaryl/α,β-unsaturated/α-hetero) is 1. The van der Waals surface area contributed by atoms with Crippen LogP contribution in [0, 0.1) is 13.8 Å². The molecule has 0 aliphatic rings. The van der Waals surface area contributed by atoms with Crippen molar-refractivity contribution >= 4 is 29.5 Å². The highest BCUT2D eigenvalue weighted by Gasteiger charge is 2.22. The third-order valence-electron chi connectivity index (χ3n) is 2.92. The van der Waals surface area contributed by atoms with E-state index < -0.39 is 5.97 Å². The number of aryl methyl sites for hydroxylation is 1.